The van der Waals surface area contributed by atoms with Crippen molar-refractivity contribution in [3.63, 3.8) is 0 Å². The number of benzene rings is 1. The van der Waals surface area contributed by atoms with Gasteiger partial charge in [0, 0.05) is 5.56 Å². The Balaban J connectivity index is 2.57. The van der Waals surface area contributed by atoms with E-state index in [0.717, 1.165) is 5.56 Å². The van der Waals surface area contributed by atoms with E-state index in [0.29, 0.717) is 6.61 Å². The Bertz CT molecular complexity index is 324. The fourth-order valence-electron chi connectivity index (χ4n) is 1.27. The van der Waals surface area contributed by atoms with Gasteiger partial charge in [-0.2, -0.15) is 0 Å². The van der Waals surface area contributed by atoms with Crippen LogP contribution in [0.15, 0.2) is 24.3 Å². The van der Waals surface area contributed by atoms with E-state index >= 15 is 0 Å². The second-order valence-electron chi connectivity index (χ2n) is 3.26. The zero-order valence-corrected chi connectivity index (χ0v) is 8.70. The molecule has 82 valence electrons. The first kappa shape index (κ1) is 11.7. The molecule has 0 unspecified atom stereocenters. The van der Waals surface area contributed by atoms with Gasteiger partial charge in [-0.3, -0.25) is 4.79 Å². The number of hydrogen-bond acceptors (Lipinski definition) is 2. The maximum absolute atomic E-state index is 12.6. The molecule has 0 bridgehead atoms. The lowest BCUT2D eigenvalue weighted by Crippen LogP contribution is -2.54. The largest absolute Gasteiger partial charge is 0.466 e. The van der Waals surface area contributed by atoms with Crippen molar-refractivity contribution in [2.24, 2.45) is 0 Å². The van der Waals surface area contributed by atoms with Crippen LogP contribution < -0.4 is 5.73 Å². The SMILES string of the molecule is CCOC(=O)C[C@H]([NH3+])c1ccc(F)cc1. The summed E-state index contributed by atoms with van der Waals surface area (Å²) in [6.07, 6.45) is 0.222. The average molecular weight is 212 g/mol. The Kier molecular flexibility index (Phi) is 4.24. The molecule has 0 radical (unpaired) electrons. The monoisotopic (exact) mass is 212 g/mol. The molecular formula is C11H15FNO2+. The van der Waals surface area contributed by atoms with E-state index in [1.165, 1.54) is 12.1 Å². The summed E-state index contributed by atoms with van der Waals surface area (Å²) in [6.45, 7) is 2.13. The molecule has 0 aliphatic heterocycles. The molecule has 0 aliphatic rings. The van der Waals surface area contributed by atoms with Crippen LogP contribution in [-0.2, 0) is 9.53 Å². The maximum Gasteiger partial charge on any atom is 0.312 e. The molecule has 0 aliphatic carbocycles. The van der Waals surface area contributed by atoms with E-state index in [1.54, 1.807) is 19.1 Å². The zero-order valence-electron chi connectivity index (χ0n) is 8.70. The van der Waals surface area contributed by atoms with Crippen molar-refractivity contribution in [1.29, 1.82) is 0 Å². The fourth-order valence-corrected chi connectivity index (χ4v) is 1.27. The Hall–Kier alpha value is -1.42. The van der Waals surface area contributed by atoms with Crippen LogP contribution in [0.1, 0.15) is 24.9 Å². The van der Waals surface area contributed by atoms with Gasteiger partial charge in [0.15, 0.2) is 0 Å². The topological polar surface area (TPSA) is 53.9 Å². The molecule has 1 rings (SSSR count). The van der Waals surface area contributed by atoms with Crippen molar-refractivity contribution in [2.45, 2.75) is 19.4 Å². The third-order valence-corrected chi connectivity index (χ3v) is 2.06. The third-order valence-electron chi connectivity index (χ3n) is 2.06. The number of carbonyl (C=O) groups is 1. The molecule has 1 atom stereocenters. The van der Waals surface area contributed by atoms with E-state index in [-0.39, 0.29) is 24.2 Å². The van der Waals surface area contributed by atoms with E-state index in [2.05, 4.69) is 5.73 Å². The van der Waals surface area contributed by atoms with Gasteiger partial charge in [0.2, 0.25) is 0 Å². The molecule has 0 saturated heterocycles. The minimum absolute atomic E-state index is 0.190. The molecular weight excluding hydrogens is 197 g/mol. The second kappa shape index (κ2) is 5.46. The normalized spacial score (nSPS) is 12.2. The standard InChI is InChI=1S/C11H14FNO2/c1-2-15-11(14)7-10(13)8-3-5-9(12)6-4-8/h3-6,10H,2,7,13H2,1H3/p+1/t10-/m0/s1. The highest BCUT2D eigenvalue weighted by atomic mass is 19.1. The highest BCUT2D eigenvalue weighted by Gasteiger charge is 2.15. The lowest BCUT2D eigenvalue weighted by Gasteiger charge is -2.07. The minimum atomic E-state index is -0.290. The molecule has 1 aromatic carbocycles. The second-order valence-corrected chi connectivity index (χ2v) is 3.26. The molecule has 0 heterocycles. The van der Waals surface area contributed by atoms with Gasteiger partial charge in [-0.05, 0) is 19.1 Å². The molecule has 0 aromatic heterocycles. The predicted molar refractivity (Wildman–Crippen MR) is 53.3 cm³/mol. The van der Waals surface area contributed by atoms with Crippen molar-refractivity contribution in [1.82, 2.24) is 0 Å². The van der Waals surface area contributed by atoms with E-state index in [4.69, 9.17) is 4.74 Å². The van der Waals surface area contributed by atoms with E-state index < -0.39 is 0 Å². The molecule has 3 N–H and O–H groups in total. The predicted octanol–water partition coefficient (Wildman–Crippen LogP) is 1.06. The van der Waals surface area contributed by atoms with Crippen molar-refractivity contribution in [2.75, 3.05) is 6.61 Å². The summed E-state index contributed by atoms with van der Waals surface area (Å²) in [5.74, 6) is -0.566. The van der Waals surface area contributed by atoms with Crippen LogP contribution in [0.4, 0.5) is 4.39 Å². The third kappa shape index (κ3) is 3.67. The highest BCUT2D eigenvalue weighted by Crippen LogP contribution is 2.13. The van der Waals surface area contributed by atoms with Gasteiger partial charge in [-0.25, -0.2) is 4.39 Å². The Morgan fingerprint density at radius 1 is 1.47 bits per heavy atom. The lowest BCUT2D eigenvalue weighted by molar-refractivity contribution is -0.425. The van der Waals surface area contributed by atoms with Gasteiger partial charge in [0.1, 0.15) is 18.3 Å². The Morgan fingerprint density at radius 2 is 2.07 bits per heavy atom. The number of ether oxygens (including phenoxy) is 1. The summed E-state index contributed by atoms with van der Waals surface area (Å²) in [7, 11) is 0. The van der Waals surface area contributed by atoms with Crippen LogP contribution in [0.5, 0.6) is 0 Å². The molecule has 0 amide bonds. The first-order chi connectivity index (χ1) is 7.13. The van der Waals surface area contributed by atoms with Gasteiger partial charge in [0.25, 0.3) is 0 Å². The summed E-state index contributed by atoms with van der Waals surface area (Å²) in [5, 5.41) is 0. The van der Waals surface area contributed by atoms with Crippen molar-refractivity contribution in [3.8, 4) is 0 Å². The molecule has 15 heavy (non-hydrogen) atoms. The minimum Gasteiger partial charge on any atom is -0.466 e. The zero-order chi connectivity index (χ0) is 11.3. The fraction of sp³-hybridized carbons (Fsp3) is 0.364. The van der Waals surface area contributed by atoms with Gasteiger partial charge < -0.3 is 10.5 Å². The smallest absolute Gasteiger partial charge is 0.312 e. The quantitative estimate of drug-likeness (QED) is 0.759. The number of hydrogen-bond donors (Lipinski definition) is 1. The summed E-state index contributed by atoms with van der Waals surface area (Å²) in [4.78, 5) is 11.2. The molecule has 0 spiro atoms. The summed E-state index contributed by atoms with van der Waals surface area (Å²) >= 11 is 0. The van der Waals surface area contributed by atoms with Crippen LogP contribution in [0.2, 0.25) is 0 Å². The summed E-state index contributed by atoms with van der Waals surface area (Å²) in [5.41, 5.74) is 4.67. The number of quaternary nitrogens is 1. The Labute approximate surface area is 88.0 Å². The van der Waals surface area contributed by atoms with Gasteiger partial charge in [-0.1, -0.05) is 12.1 Å². The van der Waals surface area contributed by atoms with Crippen LogP contribution in [0, 0.1) is 5.82 Å². The number of esters is 1. The lowest BCUT2D eigenvalue weighted by atomic mass is 10.1. The van der Waals surface area contributed by atoms with E-state index in [1.807, 2.05) is 0 Å². The molecule has 0 fully saturated rings. The number of rotatable bonds is 4. The van der Waals surface area contributed by atoms with Crippen molar-refractivity contribution in [3.05, 3.63) is 35.6 Å². The van der Waals surface area contributed by atoms with Crippen molar-refractivity contribution >= 4 is 5.97 Å². The van der Waals surface area contributed by atoms with Gasteiger partial charge in [-0.15, -0.1) is 0 Å². The van der Waals surface area contributed by atoms with Crippen LogP contribution in [-0.4, -0.2) is 12.6 Å². The van der Waals surface area contributed by atoms with Gasteiger partial charge in [0.05, 0.1) is 6.61 Å². The van der Waals surface area contributed by atoms with Crippen LogP contribution in [0.25, 0.3) is 0 Å². The summed E-state index contributed by atoms with van der Waals surface area (Å²) in [6, 6.07) is 5.79. The number of carbonyl (C=O) groups excluding carboxylic acids is 1. The molecule has 1 aromatic rings. The van der Waals surface area contributed by atoms with Crippen molar-refractivity contribution < 1.29 is 19.7 Å². The van der Waals surface area contributed by atoms with Gasteiger partial charge >= 0.3 is 5.97 Å². The van der Waals surface area contributed by atoms with E-state index in [9.17, 15) is 9.18 Å². The summed E-state index contributed by atoms with van der Waals surface area (Å²) < 4.78 is 17.4. The molecule has 4 heteroatoms. The Morgan fingerprint density at radius 3 is 2.60 bits per heavy atom. The average Bonchev–Trinajstić information content (AvgIpc) is 2.18. The first-order valence-corrected chi connectivity index (χ1v) is 4.87. The highest BCUT2D eigenvalue weighted by molar-refractivity contribution is 5.70. The molecule has 0 saturated carbocycles. The van der Waals surface area contributed by atoms with Crippen LogP contribution in [0.3, 0.4) is 0 Å². The van der Waals surface area contributed by atoms with Crippen LogP contribution >= 0.6 is 0 Å². The maximum atomic E-state index is 12.6. The first-order valence-electron chi connectivity index (χ1n) is 4.87. The number of halogens is 1. The molecule has 3 nitrogen and oxygen atoms in total.